The predicted octanol–water partition coefficient (Wildman–Crippen LogP) is 3.90. The van der Waals surface area contributed by atoms with Gasteiger partial charge in [-0.05, 0) is 65.9 Å². The fourth-order valence-electron chi connectivity index (χ4n) is 1.93. The Labute approximate surface area is 131 Å². The molecule has 0 bridgehead atoms. The van der Waals surface area contributed by atoms with E-state index >= 15 is 0 Å². The molecular weight excluding hydrogens is 335 g/mol. The Morgan fingerprint density at radius 3 is 2.43 bits per heavy atom. The summed E-state index contributed by atoms with van der Waals surface area (Å²) in [4.78, 5) is 14.2. The number of amides is 1. The minimum absolute atomic E-state index is 0.276. The molecule has 0 heterocycles. The molecule has 0 radical (unpaired) electrons. The molecule has 0 unspecified atom stereocenters. The molecule has 0 aliphatic rings. The second-order valence-electron chi connectivity index (χ2n) is 5.01. The number of carbonyl (C=O) groups is 1. The molecule has 3 nitrogen and oxygen atoms in total. The van der Waals surface area contributed by atoms with Gasteiger partial charge in [-0.25, -0.2) is 4.39 Å². The van der Waals surface area contributed by atoms with Gasteiger partial charge < -0.3 is 10.2 Å². The molecule has 0 fully saturated rings. The normalized spacial score (nSPS) is 10.7. The summed E-state index contributed by atoms with van der Waals surface area (Å²) in [6, 6.07) is 11.6. The van der Waals surface area contributed by atoms with Crippen molar-refractivity contribution in [1.82, 2.24) is 4.90 Å². The van der Waals surface area contributed by atoms with Gasteiger partial charge in [-0.3, -0.25) is 4.79 Å². The number of nitrogens with one attached hydrogen (secondary N) is 1. The summed E-state index contributed by atoms with van der Waals surface area (Å²) >= 11 is 3.19. The minimum Gasteiger partial charge on any atom is -0.322 e. The molecule has 0 atom stereocenters. The maximum atomic E-state index is 13.0. The molecule has 2 aromatic rings. The first kappa shape index (κ1) is 15.7. The van der Waals surface area contributed by atoms with Gasteiger partial charge in [0.15, 0.2) is 0 Å². The summed E-state index contributed by atoms with van der Waals surface area (Å²) in [5.41, 5.74) is 2.27. The third kappa shape index (κ3) is 4.37. The molecule has 0 spiro atoms. The molecule has 21 heavy (non-hydrogen) atoms. The van der Waals surface area contributed by atoms with E-state index in [2.05, 4.69) is 26.1 Å². The van der Waals surface area contributed by atoms with Crippen LogP contribution in [0.2, 0.25) is 0 Å². The first-order valence-corrected chi connectivity index (χ1v) is 7.25. The highest BCUT2D eigenvalue weighted by molar-refractivity contribution is 9.10. The van der Waals surface area contributed by atoms with Crippen molar-refractivity contribution in [1.29, 1.82) is 0 Å². The Kier molecular flexibility index (Phi) is 5.09. The Morgan fingerprint density at radius 1 is 1.19 bits per heavy atom. The number of benzene rings is 2. The van der Waals surface area contributed by atoms with E-state index in [1.165, 1.54) is 23.8 Å². The number of nitrogens with zero attached hydrogens (tertiary/aromatic N) is 1. The van der Waals surface area contributed by atoms with E-state index in [1.807, 2.05) is 38.4 Å². The van der Waals surface area contributed by atoms with Gasteiger partial charge in [0.2, 0.25) is 0 Å². The fourth-order valence-corrected chi connectivity index (χ4v) is 2.46. The van der Waals surface area contributed by atoms with Gasteiger partial charge in [-0.1, -0.05) is 12.1 Å². The van der Waals surface area contributed by atoms with E-state index in [-0.39, 0.29) is 11.7 Å². The Morgan fingerprint density at radius 2 is 1.86 bits per heavy atom. The first-order valence-electron chi connectivity index (χ1n) is 6.46. The van der Waals surface area contributed by atoms with Gasteiger partial charge in [0.05, 0.1) is 5.56 Å². The number of rotatable bonds is 4. The lowest BCUT2D eigenvalue weighted by molar-refractivity contribution is 0.102. The summed E-state index contributed by atoms with van der Waals surface area (Å²) in [5, 5.41) is 2.79. The van der Waals surface area contributed by atoms with Gasteiger partial charge in [-0.2, -0.15) is 0 Å². The monoisotopic (exact) mass is 350 g/mol. The molecule has 110 valence electrons. The van der Waals surface area contributed by atoms with E-state index in [9.17, 15) is 9.18 Å². The van der Waals surface area contributed by atoms with E-state index in [0.717, 1.165) is 6.54 Å². The highest BCUT2D eigenvalue weighted by Gasteiger charge is 2.11. The van der Waals surface area contributed by atoms with Crippen molar-refractivity contribution < 1.29 is 9.18 Å². The van der Waals surface area contributed by atoms with Gasteiger partial charge in [0, 0.05) is 16.7 Å². The van der Waals surface area contributed by atoms with Crippen LogP contribution in [0.4, 0.5) is 10.1 Å². The third-order valence-electron chi connectivity index (χ3n) is 2.89. The summed E-state index contributed by atoms with van der Waals surface area (Å²) in [6.07, 6.45) is 0. The highest BCUT2D eigenvalue weighted by Crippen LogP contribution is 2.20. The number of hydrogen-bond acceptors (Lipinski definition) is 2. The van der Waals surface area contributed by atoms with Crippen LogP contribution < -0.4 is 5.32 Å². The molecule has 2 rings (SSSR count). The van der Waals surface area contributed by atoms with Crippen molar-refractivity contribution in [3.8, 4) is 0 Å². The number of anilines is 1. The Hall–Kier alpha value is -1.72. The molecular formula is C16H16BrFN2O. The van der Waals surface area contributed by atoms with Crippen LogP contribution in [0.25, 0.3) is 0 Å². The second kappa shape index (κ2) is 6.83. The van der Waals surface area contributed by atoms with E-state index in [1.54, 1.807) is 0 Å². The van der Waals surface area contributed by atoms with Crippen LogP contribution >= 0.6 is 15.9 Å². The lowest BCUT2D eigenvalue weighted by atomic mass is 10.1. The minimum atomic E-state index is -0.383. The zero-order valence-electron chi connectivity index (χ0n) is 11.9. The number of hydrogen-bond donors (Lipinski definition) is 1. The maximum absolute atomic E-state index is 13.0. The van der Waals surface area contributed by atoms with Gasteiger partial charge in [0.1, 0.15) is 5.82 Å². The lowest BCUT2D eigenvalue weighted by Crippen LogP contribution is -2.13. The maximum Gasteiger partial charge on any atom is 0.256 e. The molecule has 2 aromatic carbocycles. The predicted molar refractivity (Wildman–Crippen MR) is 85.9 cm³/mol. The van der Waals surface area contributed by atoms with Crippen molar-refractivity contribution in [2.45, 2.75) is 6.54 Å². The molecule has 0 aliphatic carbocycles. The standard InChI is InChI=1S/C16H16BrFN2O/c1-20(2)10-11-3-6-13(7-4-11)19-16(21)14-8-5-12(18)9-15(14)17/h3-9H,10H2,1-2H3,(H,19,21). The summed E-state index contributed by atoms with van der Waals surface area (Å²) < 4.78 is 13.5. The van der Waals surface area contributed by atoms with Gasteiger partial charge in [-0.15, -0.1) is 0 Å². The van der Waals surface area contributed by atoms with Crippen LogP contribution in [-0.4, -0.2) is 24.9 Å². The van der Waals surface area contributed by atoms with Crippen LogP contribution in [-0.2, 0) is 6.54 Å². The van der Waals surface area contributed by atoms with Gasteiger partial charge >= 0.3 is 0 Å². The lowest BCUT2D eigenvalue weighted by Gasteiger charge is -2.11. The summed E-state index contributed by atoms with van der Waals surface area (Å²) in [6.45, 7) is 0.845. The van der Waals surface area contributed by atoms with Gasteiger partial charge in [0.25, 0.3) is 5.91 Å². The highest BCUT2D eigenvalue weighted by atomic mass is 79.9. The van der Waals surface area contributed by atoms with E-state index in [4.69, 9.17) is 0 Å². The zero-order valence-corrected chi connectivity index (χ0v) is 13.4. The number of carbonyl (C=O) groups excluding carboxylic acids is 1. The van der Waals surface area contributed by atoms with Crippen molar-refractivity contribution in [2.75, 3.05) is 19.4 Å². The molecule has 5 heteroatoms. The average Bonchev–Trinajstić information content (AvgIpc) is 2.40. The Bertz CT molecular complexity index is 641. The van der Waals surface area contributed by atoms with Crippen molar-refractivity contribution in [3.05, 3.63) is 63.9 Å². The largest absolute Gasteiger partial charge is 0.322 e. The zero-order chi connectivity index (χ0) is 15.4. The first-order chi connectivity index (χ1) is 9.95. The number of halogens is 2. The van der Waals surface area contributed by atoms with Crippen molar-refractivity contribution in [2.24, 2.45) is 0 Å². The second-order valence-corrected chi connectivity index (χ2v) is 5.87. The molecule has 0 saturated heterocycles. The topological polar surface area (TPSA) is 32.3 Å². The average molecular weight is 351 g/mol. The summed E-state index contributed by atoms with van der Waals surface area (Å²) in [7, 11) is 4.00. The quantitative estimate of drug-likeness (QED) is 0.906. The van der Waals surface area contributed by atoms with E-state index in [0.29, 0.717) is 15.7 Å². The van der Waals surface area contributed by atoms with Crippen LogP contribution in [0.1, 0.15) is 15.9 Å². The third-order valence-corrected chi connectivity index (χ3v) is 3.54. The summed E-state index contributed by atoms with van der Waals surface area (Å²) in [5.74, 6) is -0.659. The molecule has 1 amide bonds. The molecule has 0 aliphatic heterocycles. The molecule has 0 aromatic heterocycles. The SMILES string of the molecule is CN(C)Cc1ccc(NC(=O)c2ccc(F)cc2Br)cc1. The van der Waals surface area contributed by atoms with Crippen molar-refractivity contribution >= 4 is 27.5 Å². The van der Waals surface area contributed by atoms with Crippen LogP contribution in [0.15, 0.2) is 46.9 Å². The van der Waals surface area contributed by atoms with Crippen LogP contribution in [0.3, 0.4) is 0 Å². The molecule has 0 saturated carbocycles. The molecule has 1 N–H and O–H groups in total. The Balaban J connectivity index is 2.08. The van der Waals surface area contributed by atoms with Crippen molar-refractivity contribution in [3.63, 3.8) is 0 Å². The fraction of sp³-hybridized carbons (Fsp3) is 0.188. The van der Waals surface area contributed by atoms with E-state index < -0.39 is 0 Å². The smallest absolute Gasteiger partial charge is 0.256 e. The van der Waals surface area contributed by atoms with Crippen LogP contribution in [0.5, 0.6) is 0 Å². The van der Waals surface area contributed by atoms with Crippen LogP contribution in [0, 0.1) is 5.82 Å².